The van der Waals surface area contributed by atoms with E-state index in [2.05, 4.69) is 67.5 Å². The maximum absolute atomic E-state index is 4.02. The van der Waals surface area contributed by atoms with E-state index in [1.807, 2.05) is 0 Å². The van der Waals surface area contributed by atoms with Gasteiger partial charge in [0.2, 0.25) is 0 Å². The number of rotatable bonds is 2. The lowest BCUT2D eigenvalue weighted by Crippen LogP contribution is -2.45. The van der Waals surface area contributed by atoms with Crippen molar-refractivity contribution in [1.29, 1.82) is 0 Å². The van der Waals surface area contributed by atoms with Gasteiger partial charge in [0, 0.05) is 23.2 Å². The van der Waals surface area contributed by atoms with Gasteiger partial charge in [-0.3, -0.25) is 0 Å². The van der Waals surface area contributed by atoms with Crippen molar-refractivity contribution < 1.29 is 0 Å². The molecule has 0 aromatic heterocycles. The summed E-state index contributed by atoms with van der Waals surface area (Å²) in [6.07, 6.45) is 0.901. The van der Waals surface area contributed by atoms with Crippen LogP contribution in [0.2, 0.25) is 0 Å². The minimum absolute atomic E-state index is 0.158. The predicted octanol–water partition coefficient (Wildman–Crippen LogP) is 4.36. The molecule has 1 heterocycles. The Morgan fingerprint density at radius 3 is 2.17 bits per heavy atom. The normalized spacial score (nSPS) is 15.9. The van der Waals surface area contributed by atoms with E-state index < -0.39 is 0 Å². The fraction of sp³-hybridized carbons (Fsp3) is 0.250. The molecule has 92 valence electrons. The average Bonchev–Trinajstić information content (AvgIpc) is 2.27. The van der Waals surface area contributed by atoms with Crippen molar-refractivity contribution >= 4 is 22.1 Å². The summed E-state index contributed by atoms with van der Waals surface area (Å²) in [4.78, 5) is 0. The van der Waals surface area contributed by atoms with Crippen molar-refractivity contribution in [2.24, 2.45) is 0 Å². The first-order valence-electron chi connectivity index (χ1n) is 6.30. The standard InChI is InChI=1S/C16H18N2/c1-11(2)10-16(3)17-13-8-4-6-12-7-5-9-14(18-16)15(12)13/h4-9,17-18H,1,10H2,2-3H3. The van der Waals surface area contributed by atoms with E-state index in [-0.39, 0.29) is 5.66 Å². The van der Waals surface area contributed by atoms with Crippen molar-refractivity contribution in [1.82, 2.24) is 0 Å². The van der Waals surface area contributed by atoms with Gasteiger partial charge in [-0.1, -0.05) is 36.4 Å². The number of hydrogen-bond donors (Lipinski definition) is 2. The minimum Gasteiger partial charge on any atom is -0.362 e. The Bertz CT molecular complexity index is 587. The van der Waals surface area contributed by atoms with Crippen LogP contribution in [0.1, 0.15) is 20.3 Å². The third kappa shape index (κ3) is 1.74. The van der Waals surface area contributed by atoms with Gasteiger partial charge in [-0.25, -0.2) is 0 Å². The molecule has 0 amide bonds. The molecule has 0 radical (unpaired) electrons. The zero-order valence-corrected chi connectivity index (χ0v) is 10.9. The summed E-state index contributed by atoms with van der Waals surface area (Å²) in [6.45, 7) is 8.26. The molecule has 0 spiro atoms. The number of hydrogen-bond acceptors (Lipinski definition) is 2. The first-order valence-corrected chi connectivity index (χ1v) is 6.30. The maximum Gasteiger partial charge on any atom is 0.109 e. The molecule has 1 aliphatic heterocycles. The lowest BCUT2D eigenvalue weighted by atomic mass is 9.96. The molecule has 0 saturated carbocycles. The Balaban J connectivity index is 2.13. The van der Waals surface area contributed by atoms with Crippen LogP contribution in [0.5, 0.6) is 0 Å². The Labute approximate surface area is 108 Å². The Morgan fingerprint density at radius 1 is 1.11 bits per heavy atom. The van der Waals surface area contributed by atoms with Crippen LogP contribution in [0, 0.1) is 0 Å². The summed E-state index contributed by atoms with van der Waals surface area (Å²) in [7, 11) is 0. The summed E-state index contributed by atoms with van der Waals surface area (Å²) in [5.41, 5.74) is 3.41. The van der Waals surface area contributed by atoms with Gasteiger partial charge in [0.15, 0.2) is 0 Å². The molecular formula is C16H18N2. The molecule has 1 aliphatic rings. The lowest BCUT2D eigenvalue weighted by molar-refractivity contribution is 0.576. The Morgan fingerprint density at radius 2 is 1.67 bits per heavy atom. The molecule has 0 fully saturated rings. The zero-order chi connectivity index (χ0) is 12.8. The van der Waals surface area contributed by atoms with Crippen molar-refractivity contribution in [3.63, 3.8) is 0 Å². The number of nitrogens with one attached hydrogen (secondary N) is 2. The molecule has 18 heavy (non-hydrogen) atoms. The third-order valence-corrected chi connectivity index (χ3v) is 3.38. The quantitative estimate of drug-likeness (QED) is 0.760. The van der Waals surface area contributed by atoms with Crippen LogP contribution in [-0.4, -0.2) is 5.66 Å². The fourth-order valence-electron chi connectivity index (χ4n) is 2.87. The van der Waals surface area contributed by atoms with E-state index >= 15 is 0 Å². The van der Waals surface area contributed by atoms with Gasteiger partial charge in [0.25, 0.3) is 0 Å². The van der Waals surface area contributed by atoms with E-state index in [0.29, 0.717) is 0 Å². The van der Waals surface area contributed by atoms with Crippen LogP contribution in [0.25, 0.3) is 10.8 Å². The molecule has 2 heteroatoms. The van der Waals surface area contributed by atoms with Crippen LogP contribution in [0.15, 0.2) is 48.6 Å². The van der Waals surface area contributed by atoms with Crippen LogP contribution < -0.4 is 10.6 Å². The molecule has 2 nitrogen and oxygen atoms in total. The summed E-state index contributed by atoms with van der Waals surface area (Å²) >= 11 is 0. The van der Waals surface area contributed by atoms with E-state index in [4.69, 9.17) is 0 Å². The minimum atomic E-state index is -0.158. The van der Waals surface area contributed by atoms with E-state index in [9.17, 15) is 0 Å². The lowest BCUT2D eigenvalue weighted by Gasteiger charge is -2.39. The van der Waals surface area contributed by atoms with Crippen molar-refractivity contribution in [3.05, 3.63) is 48.6 Å². The van der Waals surface area contributed by atoms with Gasteiger partial charge < -0.3 is 10.6 Å². The molecule has 0 bridgehead atoms. The van der Waals surface area contributed by atoms with Gasteiger partial charge in [0.1, 0.15) is 5.66 Å². The molecule has 0 atom stereocenters. The molecule has 3 rings (SSSR count). The molecule has 2 aromatic rings. The maximum atomic E-state index is 4.02. The summed E-state index contributed by atoms with van der Waals surface area (Å²) < 4.78 is 0. The smallest absolute Gasteiger partial charge is 0.109 e. The van der Waals surface area contributed by atoms with Crippen molar-refractivity contribution in [2.45, 2.75) is 25.9 Å². The SMILES string of the molecule is C=C(C)CC1(C)Nc2cccc3cccc(c23)N1. The van der Waals surface area contributed by atoms with Crippen LogP contribution in [0.3, 0.4) is 0 Å². The van der Waals surface area contributed by atoms with Crippen molar-refractivity contribution in [3.8, 4) is 0 Å². The molecular weight excluding hydrogens is 220 g/mol. The average molecular weight is 238 g/mol. The number of benzene rings is 2. The second-order valence-electron chi connectivity index (χ2n) is 5.43. The molecule has 2 aromatic carbocycles. The molecule has 2 N–H and O–H groups in total. The first kappa shape index (κ1) is 11.1. The third-order valence-electron chi connectivity index (χ3n) is 3.38. The topological polar surface area (TPSA) is 24.1 Å². The van der Waals surface area contributed by atoms with E-state index in [1.165, 1.54) is 27.7 Å². The first-order chi connectivity index (χ1) is 8.57. The Hall–Kier alpha value is -1.96. The van der Waals surface area contributed by atoms with Gasteiger partial charge >= 0.3 is 0 Å². The van der Waals surface area contributed by atoms with Crippen LogP contribution in [-0.2, 0) is 0 Å². The van der Waals surface area contributed by atoms with Crippen LogP contribution >= 0.6 is 0 Å². The van der Waals surface area contributed by atoms with Gasteiger partial charge in [0.05, 0.1) is 0 Å². The number of anilines is 2. The van der Waals surface area contributed by atoms with E-state index in [1.54, 1.807) is 0 Å². The van der Waals surface area contributed by atoms with Gasteiger partial charge in [-0.05, 0) is 31.4 Å². The molecule has 0 aliphatic carbocycles. The highest BCUT2D eigenvalue weighted by atomic mass is 15.2. The zero-order valence-electron chi connectivity index (χ0n) is 10.9. The van der Waals surface area contributed by atoms with Crippen LogP contribution in [0.4, 0.5) is 11.4 Å². The van der Waals surface area contributed by atoms with Crippen molar-refractivity contribution in [2.75, 3.05) is 10.6 Å². The highest BCUT2D eigenvalue weighted by Crippen LogP contribution is 2.38. The molecule has 0 saturated heterocycles. The largest absolute Gasteiger partial charge is 0.362 e. The highest BCUT2D eigenvalue weighted by Gasteiger charge is 2.29. The van der Waals surface area contributed by atoms with Gasteiger partial charge in [-0.2, -0.15) is 0 Å². The second-order valence-corrected chi connectivity index (χ2v) is 5.43. The monoisotopic (exact) mass is 238 g/mol. The summed E-state index contributed by atoms with van der Waals surface area (Å²) in [5.74, 6) is 0. The van der Waals surface area contributed by atoms with E-state index in [0.717, 1.165) is 6.42 Å². The summed E-state index contributed by atoms with van der Waals surface area (Å²) in [5, 5.41) is 9.74. The Kier molecular flexibility index (Phi) is 2.34. The highest BCUT2D eigenvalue weighted by molar-refractivity contribution is 6.05. The van der Waals surface area contributed by atoms with Gasteiger partial charge in [-0.15, -0.1) is 0 Å². The predicted molar refractivity (Wildman–Crippen MR) is 79.0 cm³/mol. The fourth-order valence-corrected chi connectivity index (χ4v) is 2.87. The summed E-state index contributed by atoms with van der Waals surface area (Å²) in [6, 6.07) is 12.8. The second kappa shape index (κ2) is 3.77. The molecule has 0 unspecified atom stereocenters.